The lowest BCUT2D eigenvalue weighted by Gasteiger charge is -2.47. The van der Waals surface area contributed by atoms with Gasteiger partial charge in [-0.15, -0.1) is 0 Å². The van der Waals surface area contributed by atoms with E-state index in [-0.39, 0.29) is 47.8 Å². The quantitative estimate of drug-likeness (QED) is 0.548. The predicted molar refractivity (Wildman–Crippen MR) is 134 cm³/mol. The molecule has 7 heteroatoms. The third-order valence-corrected chi connectivity index (χ3v) is 8.18. The number of hydrogen-bond acceptors (Lipinski definition) is 5. The summed E-state index contributed by atoms with van der Waals surface area (Å²) in [7, 11) is 0. The van der Waals surface area contributed by atoms with E-state index in [4.69, 9.17) is 9.47 Å². The van der Waals surface area contributed by atoms with Crippen LogP contribution in [0.2, 0.25) is 0 Å². The number of cyclic esters (lactones) is 1. The summed E-state index contributed by atoms with van der Waals surface area (Å²) >= 11 is 0. The summed E-state index contributed by atoms with van der Waals surface area (Å²) in [6.45, 7) is 4.15. The van der Waals surface area contributed by atoms with Crippen molar-refractivity contribution in [3.05, 3.63) is 60.2 Å². The Morgan fingerprint density at radius 2 is 2.08 bits per heavy atom. The Balaban J connectivity index is 1.34. The first-order valence-corrected chi connectivity index (χ1v) is 13.0. The maximum Gasteiger partial charge on any atom is 0.407 e. The fraction of sp³-hybridized carbons (Fsp3) is 0.483. The number of rotatable bonds is 5. The Kier molecular flexibility index (Phi) is 7.08. The van der Waals surface area contributed by atoms with Crippen molar-refractivity contribution in [3.8, 4) is 11.1 Å². The Morgan fingerprint density at radius 3 is 2.83 bits per heavy atom. The number of nitrogens with one attached hydrogen (secondary N) is 1. The zero-order valence-corrected chi connectivity index (χ0v) is 20.7. The standard InChI is InChI=1S/C29H33FN2O4/c1-3-35-29(34)32-23-10-11-24-20(14-23)15-26-27(17(2)36-28(26)33)25(24)12-9-22-8-7-19(16-31-22)18-5-4-6-21(30)13-18/h4-9,12-13,16-17,20,23-27H,3,10-11,14-15H2,1-2H3,(H,32,34)/b12-9+/t17-,20+,23-,24+,25-,26-,27-/m1/s1. The number of carbonyl (C=O) groups is 2. The number of nitrogens with zero attached hydrogens (tertiary/aromatic N) is 1. The summed E-state index contributed by atoms with van der Waals surface area (Å²) < 4.78 is 24.3. The molecule has 0 radical (unpaired) electrons. The largest absolute Gasteiger partial charge is 0.462 e. The van der Waals surface area contributed by atoms with Crippen LogP contribution in [0.5, 0.6) is 0 Å². The van der Waals surface area contributed by atoms with Gasteiger partial charge in [-0.05, 0) is 87.1 Å². The highest BCUT2D eigenvalue weighted by molar-refractivity contribution is 5.75. The maximum absolute atomic E-state index is 13.6. The van der Waals surface area contributed by atoms with Crippen molar-refractivity contribution in [1.82, 2.24) is 10.3 Å². The van der Waals surface area contributed by atoms with Crippen LogP contribution in [0.25, 0.3) is 17.2 Å². The number of benzene rings is 1. The van der Waals surface area contributed by atoms with Crippen LogP contribution >= 0.6 is 0 Å². The lowest BCUT2D eigenvalue weighted by Crippen LogP contribution is -2.48. The normalized spacial score (nSPS) is 31.4. The molecule has 6 nitrogen and oxygen atoms in total. The van der Waals surface area contributed by atoms with E-state index in [2.05, 4.69) is 16.4 Å². The second-order valence-electron chi connectivity index (χ2n) is 10.3. The molecule has 2 aliphatic carbocycles. The van der Waals surface area contributed by atoms with Gasteiger partial charge >= 0.3 is 12.1 Å². The second kappa shape index (κ2) is 10.4. The number of halogens is 1. The number of fused-ring (bicyclic) bond motifs is 2. The van der Waals surface area contributed by atoms with Gasteiger partial charge < -0.3 is 14.8 Å². The van der Waals surface area contributed by atoms with Crippen molar-refractivity contribution in [2.75, 3.05) is 6.61 Å². The molecular formula is C29H33FN2O4. The smallest absolute Gasteiger partial charge is 0.407 e. The van der Waals surface area contributed by atoms with Crippen molar-refractivity contribution in [3.63, 3.8) is 0 Å². The monoisotopic (exact) mass is 492 g/mol. The number of amides is 1. The van der Waals surface area contributed by atoms with Crippen LogP contribution in [-0.4, -0.2) is 35.8 Å². The van der Waals surface area contributed by atoms with E-state index in [1.807, 2.05) is 31.2 Å². The molecule has 1 aromatic heterocycles. The minimum atomic E-state index is -0.368. The van der Waals surface area contributed by atoms with Gasteiger partial charge in [-0.25, -0.2) is 9.18 Å². The van der Waals surface area contributed by atoms with Gasteiger partial charge in [-0.3, -0.25) is 9.78 Å². The molecular weight excluding hydrogens is 459 g/mol. The molecule has 2 heterocycles. The maximum atomic E-state index is 13.6. The summed E-state index contributed by atoms with van der Waals surface area (Å²) in [6, 6.07) is 10.4. The molecule has 3 aliphatic rings. The lowest BCUT2D eigenvalue weighted by molar-refractivity contribution is -0.144. The molecule has 7 atom stereocenters. The number of ether oxygens (including phenoxy) is 2. The van der Waals surface area contributed by atoms with Crippen molar-refractivity contribution in [2.45, 2.75) is 51.7 Å². The van der Waals surface area contributed by atoms with Crippen molar-refractivity contribution in [1.29, 1.82) is 0 Å². The average molecular weight is 493 g/mol. The number of pyridine rings is 1. The number of allylic oxidation sites excluding steroid dienone is 1. The average Bonchev–Trinajstić information content (AvgIpc) is 3.15. The summed E-state index contributed by atoms with van der Waals surface area (Å²) in [5.74, 6) is 0.629. The van der Waals surface area contributed by atoms with Gasteiger partial charge in [0.25, 0.3) is 0 Å². The van der Waals surface area contributed by atoms with E-state index in [1.165, 1.54) is 12.1 Å². The van der Waals surface area contributed by atoms with E-state index >= 15 is 0 Å². The lowest BCUT2D eigenvalue weighted by atomic mass is 9.57. The van der Waals surface area contributed by atoms with Crippen LogP contribution in [0.4, 0.5) is 9.18 Å². The van der Waals surface area contributed by atoms with Crippen LogP contribution in [0, 0.1) is 35.4 Å². The highest BCUT2D eigenvalue weighted by Gasteiger charge is 2.54. The van der Waals surface area contributed by atoms with E-state index in [0.29, 0.717) is 18.4 Å². The zero-order valence-electron chi connectivity index (χ0n) is 20.7. The molecule has 1 aliphatic heterocycles. The van der Waals surface area contributed by atoms with E-state index in [1.54, 1.807) is 19.2 Å². The van der Waals surface area contributed by atoms with Crippen LogP contribution < -0.4 is 5.32 Å². The second-order valence-corrected chi connectivity index (χ2v) is 10.3. The van der Waals surface area contributed by atoms with Gasteiger partial charge in [0.2, 0.25) is 0 Å². The van der Waals surface area contributed by atoms with E-state index in [0.717, 1.165) is 42.5 Å². The van der Waals surface area contributed by atoms with E-state index in [9.17, 15) is 14.0 Å². The highest BCUT2D eigenvalue weighted by atomic mass is 19.1. The molecule has 1 N–H and O–H groups in total. The van der Waals surface area contributed by atoms with Gasteiger partial charge in [0.15, 0.2) is 0 Å². The molecule has 2 aromatic rings. The first-order chi connectivity index (χ1) is 17.4. The zero-order chi connectivity index (χ0) is 25.2. The Labute approximate surface area is 211 Å². The van der Waals surface area contributed by atoms with Crippen molar-refractivity contribution < 1.29 is 23.5 Å². The molecule has 190 valence electrons. The van der Waals surface area contributed by atoms with Gasteiger partial charge in [0.05, 0.1) is 18.2 Å². The third-order valence-electron chi connectivity index (χ3n) is 8.18. The van der Waals surface area contributed by atoms with Crippen molar-refractivity contribution in [2.24, 2.45) is 29.6 Å². The molecule has 0 spiro atoms. The summed E-state index contributed by atoms with van der Waals surface area (Å²) in [5.41, 5.74) is 2.48. The Bertz CT molecular complexity index is 1130. The van der Waals surface area contributed by atoms with Gasteiger partial charge in [0.1, 0.15) is 11.9 Å². The number of carbonyl (C=O) groups excluding carboxylic acids is 2. The summed E-state index contributed by atoms with van der Waals surface area (Å²) in [6.07, 6.45) is 9.07. The topological polar surface area (TPSA) is 77.5 Å². The van der Waals surface area contributed by atoms with Crippen LogP contribution in [0.1, 0.15) is 45.2 Å². The van der Waals surface area contributed by atoms with Gasteiger partial charge in [-0.2, -0.15) is 0 Å². The molecule has 1 aromatic carbocycles. The molecule has 1 saturated heterocycles. The highest BCUT2D eigenvalue weighted by Crippen LogP contribution is 2.53. The van der Waals surface area contributed by atoms with Gasteiger partial charge in [-0.1, -0.05) is 24.3 Å². The van der Waals surface area contributed by atoms with E-state index < -0.39 is 0 Å². The number of aromatic nitrogens is 1. The summed E-state index contributed by atoms with van der Waals surface area (Å²) in [5, 5.41) is 3.00. The first kappa shape index (κ1) is 24.5. The molecule has 2 saturated carbocycles. The first-order valence-electron chi connectivity index (χ1n) is 13.0. The molecule has 3 fully saturated rings. The summed E-state index contributed by atoms with van der Waals surface area (Å²) in [4.78, 5) is 29.2. The minimum Gasteiger partial charge on any atom is -0.462 e. The Hall–Kier alpha value is -3.22. The van der Waals surface area contributed by atoms with Crippen LogP contribution in [0.3, 0.4) is 0 Å². The third kappa shape index (κ3) is 5.01. The number of alkyl carbamates (subject to hydrolysis) is 1. The predicted octanol–water partition coefficient (Wildman–Crippen LogP) is 5.63. The fourth-order valence-corrected chi connectivity index (χ4v) is 6.64. The number of esters is 1. The Morgan fingerprint density at radius 1 is 1.22 bits per heavy atom. The molecule has 36 heavy (non-hydrogen) atoms. The minimum absolute atomic E-state index is 0.0679. The number of hydrogen-bond donors (Lipinski definition) is 1. The molecule has 1 amide bonds. The molecule has 0 bridgehead atoms. The molecule has 5 rings (SSSR count). The SMILES string of the molecule is CCOC(=O)N[C@@H]1CC[C@H]2[C@@H](C1)C[C@H]1C(=O)O[C@H](C)[C@@H]1[C@@H]2/C=C/c1ccc(-c2cccc(F)c2)cn1. The molecule has 0 unspecified atom stereocenters. The van der Waals surface area contributed by atoms with Crippen LogP contribution in [0.15, 0.2) is 48.7 Å². The fourth-order valence-electron chi connectivity index (χ4n) is 6.64. The van der Waals surface area contributed by atoms with Crippen LogP contribution in [-0.2, 0) is 14.3 Å². The van der Waals surface area contributed by atoms with Crippen molar-refractivity contribution >= 4 is 18.1 Å². The van der Waals surface area contributed by atoms with Gasteiger partial charge in [0, 0.05) is 23.7 Å².